The molecule has 5 heteroatoms. The van der Waals surface area contributed by atoms with Crippen LogP contribution in [-0.2, 0) is 17.8 Å². The number of carbonyl (C=O) groups excluding carboxylic acids is 1. The molecule has 0 aliphatic carbocycles. The summed E-state index contributed by atoms with van der Waals surface area (Å²) < 4.78 is 2.27. The maximum absolute atomic E-state index is 12.9. The van der Waals surface area contributed by atoms with Crippen molar-refractivity contribution in [2.75, 3.05) is 18.4 Å². The van der Waals surface area contributed by atoms with Crippen molar-refractivity contribution in [2.24, 2.45) is 0 Å². The zero-order valence-electron chi connectivity index (χ0n) is 16.3. The molecule has 1 fully saturated rings. The first-order chi connectivity index (χ1) is 13.2. The van der Waals surface area contributed by atoms with Crippen LogP contribution in [0.2, 0.25) is 0 Å². The molecule has 1 aromatic heterocycles. The van der Waals surface area contributed by atoms with Gasteiger partial charge in [0, 0.05) is 30.4 Å². The lowest BCUT2D eigenvalue weighted by Gasteiger charge is -2.34. The Morgan fingerprint density at radius 2 is 2.11 bits per heavy atom. The van der Waals surface area contributed by atoms with Gasteiger partial charge in [-0.25, -0.2) is 4.98 Å². The Hall–Kier alpha value is -2.14. The number of imidazole rings is 1. The van der Waals surface area contributed by atoms with E-state index >= 15 is 0 Å². The van der Waals surface area contributed by atoms with Crippen molar-refractivity contribution >= 4 is 11.6 Å². The van der Waals surface area contributed by atoms with Crippen LogP contribution >= 0.6 is 0 Å². The summed E-state index contributed by atoms with van der Waals surface area (Å²) in [5.41, 5.74) is 2.95. The predicted octanol–water partition coefficient (Wildman–Crippen LogP) is 4.09. The zero-order valence-corrected chi connectivity index (χ0v) is 16.3. The molecule has 0 radical (unpaired) electrons. The molecular formula is C22H30N4O. The number of nitrogens with one attached hydrogen (secondary N) is 1. The number of hydrogen-bond donors (Lipinski definition) is 1. The molecule has 0 spiro atoms. The molecular weight excluding hydrogens is 336 g/mol. The highest BCUT2D eigenvalue weighted by Crippen LogP contribution is 2.25. The number of aryl methyl sites for hydroxylation is 2. The Morgan fingerprint density at radius 1 is 1.22 bits per heavy atom. The number of benzene rings is 1. The first-order valence-electron chi connectivity index (χ1n) is 10.5. The van der Waals surface area contributed by atoms with Gasteiger partial charge < -0.3 is 9.88 Å². The number of likely N-dealkylation sites (tertiary alicyclic amines) is 1. The van der Waals surface area contributed by atoms with Crippen molar-refractivity contribution in [3.05, 3.63) is 36.3 Å². The van der Waals surface area contributed by atoms with Gasteiger partial charge in [-0.2, -0.15) is 0 Å². The molecule has 0 saturated carbocycles. The number of amides is 1. The second-order valence-corrected chi connectivity index (χ2v) is 7.81. The number of hydrogen-bond acceptors (Lipinski definition) is 3. The van der Waals surface area contributed by atoms with Crippen LogP contribution in [0.1, 0.15) is 51.3 Å². The first kappa shape index (κ1) is 18.2. The van der Waals surface area contributed by atoms with Gasteiger partial charge in [-0.3, -0.25) is 9.69 Å². The van der Waals surface area contributed by atoms with E-state index in [1.807, 2.05) is 12.1 Å². The SMILES string of the molecule is CCCN1CCCCC1C(=O)Nc1cccc(-c2cn3c(n2)CCCC3)c1. The van der Waals surface area contributed by atoms with E-state index in [1.54, 1.807) is 0 Å². The van der Waals surface area contributed by atoms with Gasteiger partial charge in [-0.1, -0.05) is 25.5 Å². The third kappa shape index (κ3) is 4.08. The molecule has 2 aliphatic rings. The highest BCUT2D eigenvalue weighted by atomic mass is 16.2. The Balaban J connectivity index is 1.49. The quantitative estimate of drug-likeness (QED) is 0.867. The van der Waals surface area contributed by atoms with Crippen molar-refractivity contribution < 1.29 is 4.79 Å². The minimum Gasteiger partial charge on any atom is -0.334 e. The lowest BCUT2D eigenvalue weighted by molar-refractivity contribution is -0.122. The normalized spacial score (nSPS) is 20.3. The molecule has 1 unspecified atom stereocenters. The van der Waals surface area contributed by atoms with Crippen molar-refractivity contribution in [1.82, 2.24) is 14.5 Å². The molecule has 5 nitrogen and oxygen atoms in total. The maximum atomic E-state index is 12.9. The molecule has 1 amide bonds. The molecule has 27 heavy (non-hydrogen) atoms. The molecule has 1 N–H and O–H groups in total. The van der Waals surface area contributed by atoms with Crippen molar-refractivity contribution in [3.8, 4) is 11.3 Å². The number of nitrogens with zero attached hydrogens (tertiary/aromatic N) is 3. The molecule has 0 bridgehead atoms. The number of aromatic nitrogens is 2. The molecule has 1 aromatic carbocycles. The molecule has 2 aliphatic heterocycles. The second kappa shape index (κ2) is 8.26. The summed E-state index contributed by atoms with van der Waals surface area (Å²) in [6, 6.07) is 8.12. The molecule has 1 saturated heterocycles. The predicted molar refractivity (Wildman–Crippen MR) is 109 cm³/mol. The number of carbonyl (C=O) groups is 1. The van der Waals surface area contributed by atoms with E-state index < -0.39 is 0 Å². The van der Waals surface area contributed by atoms with Crippen molar-refractivity contribution in [3.63, 3.8) is 0 Å². The Bertz CT molecular complexity index is 772. The van der Waals surface area contributed by atoms with Crippen molar-refractivity contribution in [2.45, 2.75) is 64.5 Å². The largest absolute Gasteiger partial charge is 0.334 e. The number of piperidine rings is 1. The zero-order chi connectivity index (χ0) is 18.6. The van der Waals surface area contributed by atoms with Gasteiger partial charge in [0.1, 0.15) is 5.82 Å². The lowest BCUT2D eigenvalue weighted by atomic mass is 10.0. The Kier molecular flexibility index (Phi) is 5.58. The summed E-state index contributed by atoms with van der Waals surface area (Å²) in [5, 5.41) is 3.16. The van der Waals surface area contributed by atoms with Crippen LogP contribution in [0, 0.1) is 0 Å². The van der Waals surface area contributed by atoms with E-state index in [1.165, 1.54) is 25.1 Å². The van der Waals surface area contributed by atoms with E-state index in [9.17, 15) is 4.79 Å². The van der Waals surface area contributed by atoms with Gasteiger partial charge in [0.15, 0.2) is 0 Å². The van der Waals surface area contributed by atoms with Gasteiger partial charge in [0.25, 0.3) is 0 Å². The summed E-state index contributed by atoms with van der Waals surface area (Å²) in [7, 11) is 0. The monoisotopic (exact) mass is 366 g/mol. The molecule has 3 heterocycles. The number of rotatable bonds is 5. The lowest BCUT2D eigenvalue weighted by Crippen LogP contribution is -2.47. The van der Waals surface area contributed by atoms with Gasteiger partial charge >= 0.3 is 0 Å². The van der Waals surface area contributed by atoms with Crippen LogP contribution in [0.4, 0.5) is 5.69 Å². The van der Waals surface area contributed by atoms with E-state index in [-0.39, 0.29) is 11.9 Å². The van der Waals surface area contributed by atoms with Crippen LogP contribution in [0.3, 0.4) is 0 Å². The van der Waals surface area contributed by atoms with Crippen LogP contribution in [-0.4, -0.2) is 39.5 Å². The average molecular weight is 367 g/mol. The molecule has 144 valence electrons. The Morgan fingerprint density at radius 3 is 2.96 bits per heavy atom. The fourth-order valence-electron chi connectivity index (χ4n) is 4.38. The standard InChI is InChI=1S/C22H30N4O/c1-2-12-25-13-5-3-10-20(25)22(27)23-18-9-7-8-17(15-18)19-16-26-14-6-4-11-21(26)24-19/h7-9,15-16,20H,2-6,10-14H2,1H3,(H,23,27). The second-order valence-electron chi connectivity index (χ2n) is 7.81. The van der Waals surface area contributed by atoms with Crippen LogP contribution in [0.5, 0.6) is 0 Å². The highest BCUT2D eigenvalue weighted by Gasteiger charge is 2.28. The average Bonchev–Trinajstić information content (AvgIpc) is 3.13. The number of fused-ring (bicyclic) bond motifs is 1. The minimum atomic E-state index is 0.00211. The minimum absolute atomic E-state index is 0.00211. The molecule has 1 atom stereocenters. The highest BCUT2D eigenvalue weighted by molar-refractivity contribution is 5.95. The van der Waals surface area contributed by atoms with E-state index in [0.29, 0.717) is 0 Å². The third-order valence-corrected chi connectivity index (χ3v) is 5.76. The van der Waals surface area contributed by atoms with E-state index in [4.69, 9.17) is 4.98 Å². The van der Waals surface area contributed by atoms with Crippen molar-refractivity contribution in [1.29, 1.82) is 0 Å². The molecule has 2 aromatic rings. The fourth-order valence-corrected chi connectivity index (χ4v) is 4.38. The summed E-state index contributed by atoms with van der Waals surface area (Å²) >= 11 is 0. The Labute approximate surface area is 161 Å². The van der Waals surface area contributed by atoms with Crippen LogP contribution in [0.25, 0.3) is 11.3 Å². The van der Waals surface area contributed by atoms with Gasteiger partial charge in [0.05, 0.1) is 11.7 Å². The van der Waals surface area contributed by atoms with E-state index in [0.717, 1.165) is 62.3 Å². The van der Waals surface area contributed by atoms with Gasteiger partial charge in [-0.05, 0) is 57.3 Å². The molecule has 4 rings (SSSR count). The van der Waals surface area contributed by atoms with E-state index in [2.05, 4.69) is 40.0 Å². The smallest absolute Gasteiger partial charge is 0.241 e. The maximum Gasteiger partial charge on any atom is 0.241 e. The summed E-state index contributed by atoms with van der Waals surface area (Å²) in [6.45, 7) is 5.27. The third-order valence-electron chi connectivity index (χ3n) is 5.76. The number of anilines is 1. The van der Waals surface area contributed by atoms with Crippen LogP contribution in [0.15, 0.2) is 30.5 Å². The fraction of sp³-hybridized carbons (Fsp3) is 0.545. The topological polar surface area (TPSA) is 50.2 Å². The first-order valence-corrected chi connectivity index (χ1v) is 10.5. The van der Waals surface area contributed by atoms with Crippen LogP contribution < -0.4 is 5.32 Å². The summed E-state index contributed by atoms with van der Waals surface area (Å²) in [5.74, 6) is 1.31. The van der Waals surface area contributed by atoms with Gasteiger partial charge in [-0.15, -0.1) is 0 Å². The van der Waals surface area contributed by atoms with Gasteiger partial charge in [0.2, 0.25) is 5.91 Å². The summed E-state index contributed by atoms with van der Waals surface area (Å²) in [6.07, 6.45) is 10.0. The summed E-state index contributed by atoms with van der Waals surface area (Å²) in [4.78, 5) is 20.0.